The maximum atomic E-state index is 12.1. The second-order valence-corrected chi connectivity index (χ2v) is 7.22. The molecule has 1 aromatic carbocycles. The number of hydrogen-bond acceptors (Lipinski definition) is 6. The number of non-ortho nitro benzene ring substituents is 1. The van der Waals surface area contributed by atoms with Crippen molar-refractivity contribution in [1.29, 1.82) is 0 Å². The van der Waals surface area contributed by atoms with Crippen LogP contribution in [0.2, 0.25) is 0 Å². The number of ether oxygens (including phenoxy) is 2. The van der Waals surface area contributed by atoms with Gasteiger partial charge < -0.3 is 9.47 Å². The molecule has 0 atom stereocenters. The fourth-order valence-corrected chi connectivity index (χ4v) is 2.74. The lowest BCUT2D eigenvalue weighted by atomic mass is 9.87. The predicted molar refractivity (Wildman–Crippen MR) is 90.1 cm³/mol. The molecule has 0 aliphatic heterocycles. The maximum absolute atomic E-state index is 12.1. The summed E-state index contributed by atoms with van der Waals surface area (Å²) in [6.07, 6.45) is 2.19. The predicted octanol–water partition coefficient (Wildman–Crippen LogP) is 3.65. The summed E-state index contributed by atoms with van der Waals surface area (Å²) in [5.41, 5.74) is -0.301. The van der Waals surface area contributed by atoms with E-state index in [9.17, 15) is 19.7 Å². The van der Waals surface area contributed by atoms with E-state index in [2.05, 4.69) is 0 Å². The third-order valence-corrected chi connectivity index (χ3v) is 4.00. The number of nitro groups is 1. The number of esters is 2. The first-order valence-electron chi connectivity index (χ1n) is 8.34. The van der Waals surface area contributed by atoms with Gasteiger partial charge in [-0.1, -0.05) is 0 Å². The van der Waals surface area contributed by atoms with Crippen LogP contribution in [0.4, 0.5) is 5.69 Å². The van der Waals surface area contributed by atoms with Crippen molar-refractivity contribution in [2.24, 2.45) is 5.92 Å². The number of hydrogen-bond donors (Lipinski definition) is 0. The highest BCUT2D eigenvalue weighted by Crippen LogP contribution is 2.29. The van der Waals surface area contributed by atoms with E-state index in [0.717, 1.165) is 0 Å². The van der Waals surface area contributed by atoms with Crippen LogP contribution in [0.5, 0.6) is 0 Å². The fourth-order valence-electron chi connectivity index (χ4n) is 2.74. The third-order valence-electron chi connectivity index (χ3n) is 4.00. The van der Waals surface area contributed by atoms with E-state index in [1.807, 2.05) is 20.8 Å². The van der Waals surface area contributed by atoms with Crippen LogP contribution in [0, 0.1) is 16.0 Å². The zero-order valence-electron chi connectivity index (χ0n) is 14.7. The Labute approximate surface area is 146 Å². The van der Waals surface area contributed by atoms with Gasteiger partial charge in [0.15, 0.2) is 0 Å². The fraction of sp³-hybridized carbons (Fsp3) is 0.556. The van der Waals surface area contributed by atoms with Gasteiger partial charge in [0.2, 0.25) is 0 Å². The Hall–Kier alpha value is -2.44. The molecule has 0 heterocycles. The van der Waals surface area contributed by atoms with E-state index in [0.29, 0.717) is 25.7 Å². The molecule has 0 N–H and O–H groups in total. The molecule has 136 valence electrons. The topological polar surface area (TPSA) is 95.7 Å². The summed E-state index contributed by atoms with van der Waals surface area (Å²) in [7, 11) is 0. The van der Waals surface area contributed by atoms with Gasteiger partial charge >= 0.3 is 11.9 Å². The monoisotopic (exact) mass is 349 g/mol. The second-order valence-electron chi connectivity index (χ2n) is 7.22. The minimum Gasteiger partial charge on any atom is -0.460 e. The second kappa shape index (κ2) is 7.63. The maximum Gasteiger partial charge on any atom is 0.338 e. The Balaban J connectivity index is 1.84. The molecule has 0 unspecified atom stereocenters. The number of rotatable bonds is 4. The van der Waals surface area contributed by atoms with E-state index in [-0.39, 0.29) is 29.2 Å². The van der Waals surface area contributed by atoms with Gasteiger partial charge in [0, 0.05) is 12.1 Å². The van der Waals surface area contributed by atoms with Gasteiger partial charge in [-0.15, -0.1) is 0 Å². The van der Waals surface area contributed by atoms with Crippen LogP contribution < -0.4 is 0 Å². The molecule has 0 bridgehead atoms. The molecule has 2 rings (SSSR count). The highest BCUT2D eigenvalue weighted by Gasteiger charge is 2.31. The van der Waals surface area contributed by atoms with Gasteiger partial charge in [-0.3, -0.25) is 14.9 Å². The van der Waals surface area contributed by atoms with E-state index >= 15 is 0 Å². The van der Waals surface area contributed by atoms with Crippen molar-refractivity contribution in [2.75, 3.05) is 0 Å². The molecule has 25 heavy (non-hydrogen) atoms. The molecule has 0 saturated heterocycles. The minimum atomic E-state index is -0.521. The van der Waals surface area contributed by atoms with Crippen LogP contribution >= 0.6 is 0 Å². The van der Waals surface area contributed by atoms with E-state index in [1.165, 1.54) is 24.3 Å². The van der Waals surface area contributed by atoms with Crippen LogP contribution in [0.15, 0.2) is 24.3 Å². The zero-order valence-corrected chi connectivity index (χ0v) is 14.7. The molecule has 0 radical (unpaired) electrons. The van der Waals surface area contributed by atoms with Crippen LogP contribution in [-0.2, 0) is 14.3 Å². The summed E-state index contributed by atoms with van der Waals surface area (Å²) in [5.74, 6) is -0.864. The molecular formula is C18H23NO6. The first kappa shape index (κ1) is 18.9. The molecule has 1 aliphatic rings. The summed E-state index contributed by atoms with van der Waals surface area (Å²) in [6.45, 7) is 5.51. The van der Waals surface area contributed by atoms with Gasteiger partial charge in [-0.2, -0.15) is 0 Å². The lowest BCUT2D eigenvalue weighted by molar-refractivity contribution is -0.384. The summed E-state index contributed by atoms with van der Waals surface area (Å²) in [5, 5.41) is 10.6. The van der Waals surface area contributed by atoms with Crippen LogP contribution in [-0.4, -0.2) is 28.6 Å². The van der Waals surface area contributed by atoms with Gasteiger partial charge in [-0.05, 0) is 58.6 Å². The highest BCUT2D eigenvalue weighted by molar-refractivity contribution is 5.89. The van der Waals surface area contributed by atoms with E-state index in [4.69, 9.17) is 9.47 Å². The number of nitro benzene ring substituents is 1. The molecule has 7 heteroatoms. The van der Waals surface area contributed by atoms with E-state index < -0.39 is 16.5 Å². The SMILES string of the molecule is CC(C)(C)OC(=O)[C@H]1CC[C@H](OC(=O)c2ccc([N+](=O)[O-])cc2)CC1. The highest BCUT2D eigenvalue weighted by atomic mass is 16.6. The van der Waals surface area contributed by atoms with Gasteiger partial charge in [0.1, 0.15) is 11.7 Å². The lowest BCUT2D eigenvalue weighted by Gasteiger charge is -2.29. The standard InChI is InChI=1S/C18H23NO6/c1-18(2,3)25-17(21)13-6-10-15(11-7-13)24-16(20)12-4-8-14(9-5-12)19(22)23/h4-5,8-9,13,15H,6-7,10-11H2,1-3H3/t13-,15-. The average Bonchev–Trinajstić information content (AvgIpc) is 2.54. The number of carbonyl (C=O) groups excluding carboxylic acids is 2. The Kier molecular flexibility index (Phi) is 5.77. The molecule has 1 fully saturated rings. The summed E-state index contributed by atoms with van der Waals surface area (Å²) in [4.78, 5) is 34.3. The third kappa shape index (κ3) is 5.55. The zero-order chi connectivity index (χ0) is 18.6. The molecule has 7 nitrogen and oxygen atoms in total. The molecule has 1 aliphatic carbocycles. The Morgan fingerprint density at radius 3 is 2.12 bits per heavy atom. The largest absolute Gasteiger partial charge is 0.460 e. The van der Waals surface area contributed by atoms with E-state index in [1.54, 1.807) is 0 Å². The van der Waals surface area contributed by atoms with Crippen molar-refractivity contribution >= 4 is 17.6 Å². The number of nitrogens with zero attached hydrogens (tertiary/aromatic N) is 1. The van der Waals surface area contributed by atoms with Gasteiger partial charge in [-0.25, -0.2) is 4.79 Å². The summed E-state index contributed by atoms with van der Waals surface area (Å²) in [6, 6.07) is 5.31. The average molecular weight is 349 g/mol. The van der Waals surface area contributed by atoms with Crippen LogP contribution in [0.25, 0.3) is 0 Å². The quantitative estimate of drug-likeness (QED) is 0.468. The van der Waals surface area contributed by atoms with Crippen molar-refractivity contribution in [3.05, 3.63) is 39.9 Å². The normalized spacial score (nSPS) is 20.6. The molecule has 0 spiro atoms. The van der Waals surface area contributed by atoms with Crippen LogP contribution in [0.1, 0.15) is 56.8 Å². The molecule has 1 saturated carbocycles. The lowest BCUT2D eigenvalue weighted by Crippen LogP contribution is -2.33. The van der Waals surface area contributed by atoms with Gasteiger partial charge in [0.25, 0.3) is 5.69 Å². The Morgan fingerprint density at radius 2 is 1.64 bits per heavy atom. The Bertz CT molecular complexity index is 639. The smallest absolute Gasteiger partial charge is 0.338 e. The minimum absolute atomic E-state index is 0.0746. The van der Waals surface area contributed by atoms with Crippen molar-refractivity contribution in [3.63, 3.8) is 0 Å². The van der Waals surface area contributed by atoms with Crippen molar-refractivity contribution in [2.45, 2.75) is 58.2 Å². The van der Waals surface area contributed by atoms with Gasteiger partial charge in [0.05, 0.1) is 16.4 Å². The van der Waals surface area contributed by atoms with Crippen molar-refractivity contribution in [1.82, 2.24) is 0 Å². The van der Waals surface area contributed by atoms with Crippen LogP contribution in [0.3, 0.4) is 0 Å². The first-order chi connectivity index (χ1) is 11.7. The summed E-state index contributed by atoms with van der Waals surface area (Å²) >= 11 is 0. The van der Waals surface area contributed by atoms with Crippen molar-refractivity contribution < 1.29 is 24.0 Å². The molecule has 0 aromatic heterocycles. The number of benzene rings is 1. The summed E-state index contributed by atoms with van der Waals surface area (Å²) < 4.78 is 10.8. The Morgan fingerprint density at radius 1 is 1.08 bits per heavy atom. The number of carbonyl (C=O) groups is 2. The van der Waals surface area contributed by atoms with Crippen molar-refractivity contribution in [3.8, 4) is 0 Å². The molecular weight excluding hydrogens is 326 g/mol. The molecule has 0 amide bonds. The molecule has 1 aromatic rings. The first-order valence-corrected chi connectivity index (χ1v) is 8.34.